The van der Waals surface area contributed by atoms with Crippen molar-refractivity contribution in [1.29, 1.82) is 0 Å². The molecule has 0 radical (unpaired) electrons. The van der Waals surface area contributed by atoms with Gasteiger partial charge in [-0.25, -0.2) is 9.18 Å². The van der Waals surface area contributed by atoms with Gasteiger partial charge in [0.15, 0.2) is 6.04 Å². The summed E-state index contributed by atoms with van der Waals surface area (Å²) in [4.78, 5) is 11.2. The second-order valence-electron chi connectivity index (χ2n) is 4.50. The van der Waals surface area contributed by atoms with Gasteiger partial charge in [-0.15, -0.1) is 0 Å². The van der Waals surface area contributed by atoms with Crippen molar-refractivity contribution >= 4 is 11.7 Å². The Balaban J connectivity index is 2.12. The number of hydrogen-bond acceptors (Lipinski definition) is 3. The van der Waals surface area contributed by atoms with E-state index < -0.39 is 23.9 Å². The van der Waals surface area contributed by atoms with Crippen molar-refractivity contribution in [3.8, 4) is 0 Å². The van der Waals surface area contributed by atoms with Crippen LogP contribution in [0, 0.1) is 5.82 Å². The van der Waals surface area contributed by atoms with Crippen LogP contribution in [0.5, 0.6) is 0 Å². The lowest BCUT2D eigenvalue weighted by molar-refractivity contribution is -0.141. The lowest BCUT2D eigenvalue weighted by atomic mass is 10.1. The highest BCUT2D eigenvalue weighted by molar-refractivity contribution is 5.78. The number of para-hydroxylation sites is 1. The highest BCUT2D eigenvalue weighted by Gasteiger charge is 2.34. The molecule has 1 aromatic rings. The Kier molecular flexibility index (Phi) is 3.81. The largest absolute Gasteiger partial charge is 0.480 e. The normalized spacial score (nSPS) is 24.8. The van der Waals surface area contributed by atoms with Crippen molar-refractivity contribution in [2.45, 2.75) is 38.0 Å². The zero-order valence-corrected chi connectivity index (χ0v) is 10.1. The van der Waals surface area contributed by atoms with Crippen LogP contribution in [0.25, 0.3) is 0 Å². The van der Waals surface area contributed by atoms with E-state index in [1.165, 1.54) is 12.1 Å². The maximum atomic E-state index is 13.5. The molecule has 5 heteroatoms. The molecule has 4 nitrogen and oxygen atoms in total. The minimum Gasteiger partial charge on any atom is -0.480 e. The third kappa shape index (κ3) is 2.79. The van der Waals surface area contributed by atoms with Gasteiger partial charge in [0.25, 0.3) is 0 Å². The van der Waals surface area contributed by atoms with Crippen LogP contribution in [0.2, 0.25) is 0 Å². The summed E-state index contributed by atoms with van der Waals surface area (Å²) in [6.07, 6.45) is 1.13. The molecular formula is C13H16FNO3. The molecule has 0 bridgehead atoms. The van der Waals surface area contributed by atoms with Crippen molar-refractivity contribution in [1.82, 2.24) is 0 Å². The maximum absolute atomic E-state index is 13.5. The quantitative estimate of drug-likeness (QED) is 0.864. The zero-order chi connectivity index (χ0) is 13.1. The van der Waals surface area contributed by atoms with Gasteiger partial charge in [0.05, 0.1) is 17.9 Å². The number of carboxylic acid groups (broad SMARTS) is 1. The van der Waals surface area contributed by atoms with Gasteiger partial charge >= 0.3 is 5.97 Å². The predicted octanol–water partition coefficient (Wildman–Crippen LogP) is 2.26. The lowest BCUT2D eigenvalue weighted by Gasteiger charge is -2.22. The Morgan fingerprint density at radius 1 is 1.50 bits per heavy atom. The van der Waals surface area contributed by atoms with Crippen LogP contribution in [0.1, 0.15) is 19.8 Å². The van der Waals surface area contributed by atoms with E-state index >= 15 is 0 Å². The number of benzene rings is 1. The van der Waals surface area contributed by atoms with E-state index in [4.69, 9.17) is 4.74 Å². The third-order valence-electron chi connectivity index (χ3n) is 3.09. The lowest BCUT2D eigenvalue weighted by Crippen LogP contribution is -2.40. The summed E-state index contributed by atoms with van der Waals surface area (Å²) in [7, 11) is 0. The number of hydrogen-bond donors (Lipinski definition) is 2. The molecule has 0 spiro atoms. The average molecular weight is 253 g/mol. The zero-order valence-electron chi connectivity index (χ0n) is 10.1. The van der Waals surface area contributed by atoms with Crippen molar-refractivity contribution in [2.24, 2.45) is 0 Å². The van der Waals surface area contributed by atoms with Crippen LogP contribution in [0.15, 0.2) is 24.3 Å². The summed E-state index contributed by atoms with van der Waals surface area (Å²) in [5.74, 6) is -1.49. The van der Waals surface area contributed by atoms with Crippen LogP contribution < -0.4 is 5.32 Å². The average Bonchev–Trinajstić information content (AvgIpc) is 2.74. The molecule has 0 amide bonds. The molecule has 1 aliphatic heterocycles. The molecule has 1 aromatic carbocycles. The number of aliphatic carboxylic acids is 1. The van der Waals surface area contributed by atoms with Crippen LogP contribution in [0.3, 0.4) is 0 Å². The molecule has 0 aliphatic carbocycles. The fraction of sp³-hybridized carbons (Fsp3) is 0.462. The van der Waals surface area contributed by atoms with Crippen LogP contribution in [-0.2, 0) is 9.53 Å². The summed E-state index contributed by atoms with van der Waals surface area (Å²) in [5.41, 5.74) is 0.188. The van der Waals surface area contributed by atoms with Gasteiger partial charge in [0.1, 0.15) is 5.82 Å². The Bertz CT molecular complexity index is 438. The summed E-state index contributed by atoms with van der Waals surface area (Å²) in [6.45, 7) is 1.90. The maximum Gasteiger partial charge on any atom is 0.328 e. The monoisotopic (exact) mass is 253 g/mol. The molecule has 2 N–H and O–H groups in total. The number of anilines is 1. The molecule has 3 atom stereocenters. The molecule has 0 aromatic heterocycles. The summed E-state index contributed by atoms with van der Waals surface area (Å²) < 4.78 is 19.0. The van der Waals surface area contributed by atoms with E-state index in [0.29, 0.717) is 6.42 Å². The van der Waals surface area contributed by atoms with E-state index in [-0.39, 0.29) is 11.8 Å². The fourth-order valence-electron chi connectivity index (χ4n) is 2.14. The summed E-state index contributed by atoms with van der Waals surface area (Å²) >= 11 is 0. The highest BCUT2D eigenvalue weighted by atomic mass is 19.1. The van der Waals surface area contributed by atoms with Gasteiger partial charge in [0.2, 0.25) is 0 Å². The number of rotatable bonds is 4. The van der Waals surface area contributed by atoms with E-state index in [1.54, 1.807) is 12.1 Å². The van der Waals surface area contributed by atoms with Gasteiger partial charge < -0.3 is 15.2 Å². The molecule has 0 saturated carbocycles. The molecule has 1 fully saturated rings. The van der Waals surface area contributed by atoms with Crippen LogP contribution in [-0.4, -0.2) is 29.3 Å². The molecular weight excluding hydrogens is 237 g/mol. The van der Waals surface area contributed by atoms with Gasteiger partial charge in [-0.3, -0.25) is 0 Å². The van der Waals surface area contributed by atoms with Crippen molar-refractivity contribution in [3.63, 3.8) is 0 Å². The van der Waals surface area contributed by atoms with Crippen LogP contribution in [0.4, 0.5) is 10.1 Å². The second-order valence-corrected chi connectivity index (χ2v) is 4.50. The number of carboxylic acids is 1. The Hall–Kier alpha value is -1.62. The van der Waals surface area contributed by atoms with Gasteiger partial charge in [-0.05, 0) is 31.9 Å². The predicted molar refractivity (Wildman–Crippen MR) is 65.0 cm³/mol. The van der Waals surface area contributed by atoms with E-state index in [0.717, 1.165) is 6.42 Å². The van der Waals surface area contributed by atoms with Crippen molar-refractivity contribution in [2.75, 3.05) is 5.32 Å². The minimum absolute atomic E-state index is 0.0549. The Labute approximate surface area is 105 Å². The van der Waals surface area contributed by atoms with Gasteiger partial charge in [0, 0.05) is 0 Å². The first-order valence-corrected chi connectivity index (χ1v) is 5.97. The molecule has 3 unspecified atom stereocenters. The molecule has 1 saturated heterocycles. The van der Waals surface area contributed by atoms with Gasteiger partial charge in [-0.2, -0.15) is 0 Å². The number of ether oxygens (including phenoxy) is 1. The topological polar surface area (TPSA) is 58.6 Å². The molecule has 98 valence electrons. The van der Waals surface area contributed by atoms with Crippen molar-refractivity contribution in [3.05, 3.63) is 30.1 Å². The summed E-state index contributed by atoms with van der Waals surface area (Å²) in [5, 5.41) is 11.9. The summed E-state index contributed by atoms with van der Waals surface area (Å²) in [6, 6.07) is 5.10. The smallest absolute Gasteiger partial charge is 0.328 e. The molecule has 2 rings (SSSR count). The standard InChI is InChI=1S/C13H16FNO3/c1-8-6-7-11(18-8)12(13(16)17)15-10-5-3-2-4-9(10)14/h2-5,8,11-12,15H,6-7H2,1H3,(H,16,17). The van der Waals surface area contributed by atoms with E-state index in [9.17, 15) is 14.3 Å². The van der Waals surface area contributed by atoms with E-state index in [2.05, 4.69) is 5.32 Å². The molecule has 18 heavy (non-hydrogen) atoms. The number of nitrogens with one attached hydrogen (secondary N) is 1. The second kappa shape index (κ2) is 5.35. The SMILES string of the molecule is CC1CCC(C(Nc2ccccc2F)C(=O)O)O1. The first kappa shape index (κ1) is 12.8. The number of carbonyl (C=O) groups is 1. The molecule has 1 aliphatic rings. The van der Waals surface area contributed by atoms with Gasteiger partial charge in [-0.1, -0.05) is 12.1 Å². The van der Waals surface area contributed by atoms with Crippen LogP contribution >= 0.6 is 0 Å². The fourth-order valence-corrected chi connectivity index (χ4v) is 2.14. The van der Waals surface area contributed by atoms with Crippen molar-refractivity contribution < 1.29 is 19.0 Å². The minimum atomic E-state index is -1.03. The third-order valence-corrected chi connectivity index (χ3v) is 3.09. The first-order chi connectivity index (χ1) is 8.58. The number of halogens is 1. The Morgan fingerprint density at radius 3 is 2.78 bits per heavy atom. The van der Waals surface area contributed by atoms with E-state index in [1.807, 2.05) is 6.92 Å². The molecule has 1 heterocycles. The first-order valence-electron chi connectivity index (χ1n) is 5.97. The highest BCUT2D eigenvalue weighted by Crippen LogP contribution is 2.24. The Morgan fingerprint density at radius 2 is 2.22 bits per heavy atom.